The predicted octanol–water partition coefficient (Wildman–Crippen LogP) is 5.74. The first-order valence-corrected chi connectivity index (χ1v) is 8.82. The van der Waals surface area contributed by atoms with Crippen LogP contribution in [-0.2, 0) is 0 Å². The van der Waals surface area contributed by atoms with Crippen LogP contribution in [0.25, 0.3) is 17.7 Å². The SMILES string of the molecule is Cc1ccc(O)c(C2=Cc3onc(C)c3C(/C=C/c3ccccc3)C2)c1. The summed E-state index contributed by atoms with van der Waals surface area (Å²) in [6.07, 6.45) is 7.16. The highest BCUT2D eigenvalue weighted by atomic mass is 16.5. The molecule has 0 amide bonds. The van der Waals surface area contributed by atoms with Crippen LogP contribution in [-0.4, -0.2) is 10.3 Å². The molecule has 1 atom stereocenters. The highest BCUT2D eigenvalue weighted by molar-refractivity contribution is 5.86. The molecule has 1 unspecified atom stereocenters. The highest BCUT2D eigenvalue weighted by Gasteiger charge is 2.27. The molecular weight excluding hydrogens is 322 g/mol. The van der Waals surface area contributed by atoms with E-state index in [0.29, 0.717) is 5.75 Å². The van der Waals surface area contributed by atoms with Gasteiger partial charge < -0.3 is 9.63 Å². The summed E-state index contributed by atoms with van der Waals surface area (Å²) in [6, 6.07) is 15.9. The molecule has 4 rings (SSSR count). The van der Waals surface area contributed by atoms with Crippen molar-refractivity contribution in [2.75, 3.05) is 0 Å². The smallest absolute Gasteiger partial charge is 0.164 e. The van der Waals surface area contributed by atoms with E-state index < -0.39 is 0 Å². The predicted molar refractivity (Wildman–Crippen MR) is 105 cm³/mol. The molecule has 130 valence electrons. The third-order valence-electron chi connectivity index (χ3n) is 4.87. The number of phenols is 1. The lowest BCUT2D eigenvalue weighted by molar-refractivity contribution is 0.406. The molecule has 1 aromatic heterocycles. The van der Waals surface area contributed by atoms with E-state index in [1.165, 1.54) is 0 Å². The molecule has 0 radical (unpaired) electrons. The van der Waals surface area contributed by atoms with E-state index in [0.717, 1.165) is 45.7 Å². The second-order valence-electron chi connectivity index (χ2n) is 6.82. The van der Waals surface area contributed by atoms with E-state index >= 15 is 0 Å². The summed E-state index contributed by atoms with van der Waals surface area (Å²) in [6.45, 7) is 4.01. The van der Waals surface area contributed by atoms with Gasteiger partial charge in [-0.05, 0) is 49.6 Å². The maximum Gasteiger partial charge on any atom is 0.164 e. The number of hydrogen-bond acceptors (Lipinski definition) is 3. The first-order chi connectivity index (χ1) is 12.6. The lowest BCUT2D eigenvalue weighted by atomic mass is 9.82. The van der Waals surface area contributed by atoms with Gasteiger partial charge in [0.25, 0.3) is 0 Å². The Morgan fingerprint density at radius 1 is 1.12 bits per heavy atom. The average Bonchev–Trinajstić information content (AvgIpc) is 3.03. The largest absolute Gasteiger partial charge is 0.507 e. The van der Waals surface area contributed by atoms with Crippen LogP contribution in [0.1, 0.15) is 46.0 Å². The van der Waals surface area contributed by atoms with Gasteiger partial charge in [0.1, 0.15) is 5.75 Å². The minimum Gasteiger partial charge on any atom is -0.507 e. The fraction of sp³-hybridized carbons (Fsp3) is 0.174. The lowest BCUT2D eigenvalue weighted by Gasteiger charge is -2.21. The average molecular weight is 343 g/mol. The van der Waals surface area contributed by atoms with Crippen LogP contribution >= 0.6 is 0 Å². The van der Waals surface area contributed by atoms with Crippen molar-refractivity contribution in [2.24, 2.45) is 0 Å². The Balaban J connectivity index is 1.75. The minimum absolute atomic E-state index is 0.163. The van der Waals surface area contributed by atoms with E-state index in [-0.39, 0.29) is 5.92 Å². The second-order valence-corrected chi connectivity index (χ2v) is 6.82. The van der Waals surface area contributed by atoms with Crippen molar-refractivity contribution in [3.8, 4) is 5.75 Å². The summed E-state index contributed by atoms with van der Waals surface area (Å²) in [5.74, 6) is 1.25. The molecule has 1 N–H and O–H groups in total. The van der Waals surface area contributed by atoms with Crippen molar-refractivity contribution in [3.05, 3.63) is 88.3 Å². The van der Waals surface area contributed by atoms with E-state index in [1.54, 1.807) is 6.07 Å². The number of aromatic hydroxyl groups is 1. The number of phenolic OH excluding ortho intramolecular Hbond substituents is 1. The van der Waals surface area contributed by atoms with Gasteiger partial charge in [0.2, 0.25) is 0 Å². The van der Waals surface area contributed by atoms with Crippen molar-refractivity contribution >= 4 is 17.7 Å². The molecule has 1 aliphatic carbocycles. The monoisotopic (exact) mass is 343 g/mol. The van der Waals surface area contributed by atoms with Gasteiger partial charge in [-0.1, -0.05) is 59.3 Å². The minimum atomic E-state index is 0.163. The van der Waals surface area contributed by atoms with Crippen molar-refractivity contribution in [1.29, 1.82) is 0 Å². The molecule has 1 heterocycles. The topological polar surface area (TPSA) is 46.3 Å². The summed E-state index contributed by atoms with van der Waals surface area (Å²) in [5.41, 5.74) is 6.27. The van der Waals surface area contributed by atoms with Gasteiger partial charge >= 0.3 is 0 Å². The molecule has 3 nitrogen and oxygen atoms in total. The van der Waals surface area contributed by atoms with Crippen molar-refractivity contribution in [2.45, 2.75) is 26.2 Å². The molecule has 0 saturated heterocycles. The van der Waals surface area contributed by atoms with Gasteiger partial charge in [-0.15, -0.1) is 0 Å². The van der Waals surface area contributed by atoms with Gasteiger partial charge in [-0.2, -0.15) is 0 Å². The Hall–Kier alpha value is -3.07. The van der Waals surface area contributed by atoms with Gasteiger partial charge in [-0.25, -0.2) is 0 Å². The maximum atomic E-state index is 10.3. The fourth-order valence-electron chi connectivity index (χ4n) is 3.56. The molecule has 0 spiro atoms. The standard InChI is InChI=1S/C23H21NO2/c1-15-8-11-21(25)20(12-15)19-13-18(10-9-17-6-4-3-5-7-17)23-16(2)24-26-22(23)14-19/h3-12,14,18,25H,13H2,1-2H3/b10-9+. The summed E-state index contributed by atoms with van der Waals surface area (Å²) < 4.78 is 5.55. The summed E-state index contributed by atoms with van der Waals surface area (Å²) in [7, 11) is 0. The molecular formula is C23H21NO2. The molecule has 0 saturated carbocycles. The van der Waals surface area contributed by atoms with Crippen LogP contribution in [0.3, 0.4) is 0 Å². The van der Waals surface area contributed by atoms with Gasteiger partial charge in [0.15, 0.2) is 5.76 Å². The third-order valence-corrected chi connectivity index (χ3v) is 4.87. The second kappa shape index (κ2) is 6.68. The Bertz CT molecular complexity index is 996. The van der Waals surface area contributed by atoms with Gasteiger partial charge in [0, 0.05) is 17.0 Å². The number of benzene rings is 2. The lowest BCUT2D eigenvalue weighted by Crippen LogP contribution is -2.05. The zero-order valence-electron chi connectivity index (χ0n) is 14.9. The number of allylic oxidation sites excluding steroid dienone is 2. The molecule has 26 heavy (non-hydrogen) atoms. The number of aromatic nitrogens is 1. The zero-order valence-corrected chi connectivity index (χ0v) is 14.9. The summed E-state index contributed by atoms with van der Waals surface area (Å²) in [4.78, 5) is 0. The number of rotatable bonds is 3. The van der Waals surface area contributed by atoms with Crippen molar-refractivity contribution < 1.29 is 9.63 Å². The highest BCUT2D eigenvalue weighted by Crippen LogP contribution is 2.42. The maximum absolute atomic E-state index is 10.3. The molecule has 0 aliphatic heterocycles. The Morgan fingerprint density at radius 2 is 1.92 bits per heavy atom. The molecule has 3 aromatic rings. The Kier molecular flexibility index (Phi) is 4.21. The van der Waals surface area contributed by atoms with Crippen LogP contribution in [0, 0.1) is 13.8 Å². The molecule has 0 bridgehead atoms. The number of nitrogens with zero attached hydrogens (tertiary/aromatic N) is 1. The quantitative estimate of drug-likeness (QED) is 0.660. The summed E-state index contributed by atoms with van der Waals surface area (Å²) in [5, 5.41) is 14.5. The molecule has 1 aliphatic rings. The number of aryl methyl sites for hydroxylation is 2. The Labute approximate surface area is 153 Å². The number of fused-ring (bicyclic) bond motifs is 1. The van der Waals surface area contributed by atoms with Crippen molar-refractivity contribution in [1.82, 2.24) is 5.16 Å². The van der Waals surface area contributed by atoms with E-state index in [1.807, 2.05) is 50.3 Å². The first kappa shape index (κ1) is 16.4. The van der Waals surface area contributed by atoms with Crippen LogP contribution < -0.4 is 0 Å². The van der Waals surface area contributed by atoms with E-state index in [9.17, 15) is 5.11 Å². The first-order valence-electron chi connectivity index (χ1n) is 8.82. The van der Waals surface area contributed by atoms with Crippen molar-refractivity contribution in [3.63, 3.8) is 0 Å². The van der Waals surface area contributed by atoms with Gasteiger partial charge in [0.05, 0.1) is 5.69 Å². The van der Waals surface area contributed by atoms with Gasteiger partial charge in [-0.3, -0.25) is 0 Å². The normalized spacial score (nSPS) is 16.5. The van der Waals surface area contributed by atoms with Crippen LogP contribution in [0.5, 0.6) is 5.75 Å². The molecule has 3 heteroatoms. The van der Waals surface area contributed by atoms with E-state index in [2.05, 4.69) is 29.4 Å². The molecule has 0 fully saturated rings. The van der Waals surface area contributed by atoms with Crippen LogP contribution in [0.2, 0.25) is 0 Å². The van der Waals surface area contributed by atoms with E-state index in [4.69, 9.17) is 4.52 Å². The van der Waals surface area contributed by atoms with Crippen LogP contribution in [0.4, 0.5) is 0 Å². The fourth-order valence-corrected chi connectivity index (χ4v) is 3.56. The zero-order chi connectivity index (χ0) is 18.1. The molecule has 2 aromatic carbocycles. The van der Waals surface area contributed by atoms with Crippen LogP contribution in [0.15, 0.2) is 59.1 Å². The number of hydrogen-bond donors (Lipinski definition) is 1. The summed E-state index contributed by atoms with van der Waals surface area (Å²) >= 11 is 0. The Morgan fingerprint density at radius 3 is 2.73 bits per heavy atom. The third kappa shape index (κ3) is 3.08.